The minimum absolute atomic E-state index is 0.264. The van der Waals surface area contributed by atoms with E-state index in [4.69, 9.17) is 10.5 Å². The van der Waals surface area contributed by atoms with Crippen LogP contribution in [-0.4, -0.2) is 42.3 Å². The van der Waals surface area contributed by atoms with Gasteiger partial charge >= 0.3 is 0 Å². The molecule has 0 bridgehead atoms. The molecule has 3 rings (SSSR count). The molecule has 2 saturated carbocycles. The third kappa shape index (κ3) is 2.00. The lowest BCUT2D eigenvalue weighted by Crippen LogP contribution is -2.62. The molecule has 0 amide bonds. The number of morpholine rings is 1. The molecule has 3 atom stereocenters. The molecule has 3 unspecified atom stereocenters. The SMILES string of the molecule is CC1(C)CCC(CN)(N2CCOC3CCCC32)C1. The average Bonchev–Trinajstić information content (AvgIpc) is 2.93. The van der Waals surface area contributed by atoms with E-state index in [0.717, 1.165) is 19.7 Å². The predicted molar refractivity (Wildman–Crippen MR) is 73.5 cm³/mol. The Morgan fingerprint density at radius 3 is 2.78 bits per heavy atom. The molecule has 0 radical (unpaired) electrons. The van der Waals surface area contributed by atoms with E-state index >= 15 is 0 Å². The smallest absolute Gasteiger partial charge is 0.0731 e. The number of nitrogens with two attached hydrogens (primary N) is 1. The molecular formula is C15H28N2O. The van der Waals surface area contributed by atoms with Gasteiger partial charge in [0.05, 0.1) is 12.7 Å². The summed E-state index contributed by atoms with van der Waals surface area (Å²) in [6, 6.07) is 0.649. The second-order valence-electron chi connectivity index (χ2n) is 7.37. The minimum atomic E-state index is 0.264. The summed E-state index contributed by atoms with van der Waals surface area (Å²) >= 11 is 0. The van der Waals surface area contributed by atoms with Crippen molar-refractivity contribution in [3.05, 3.63) is 0 Å². The molecule has 18 heavy (non-hydrogen) atoms. The Labute approximate surface area is 111 Å². The third-order valence-electron chi connectivity index (χ3n) is 5.55. The van der Waals surface area contributed by atoms with Gasteiger partial charge in [-0.2, -0.15) is 0 Å². The van der Waals surface area contributed by atoms with Gasteiger partial charge in [-0.15, -0.1) is 0 Å². The van der Waals surface area contributed by atoms with Gasteiger partial charge < -0.3 is 10.5 Å². The summed E-state index contributed by atoms with van der Waals surface area (Å²) in [5, 5.41) is 0. The Morgan fingerprint density at radius 2 is 2.11 bits per heavy atom. The molecule has 0 spiro atoms. The summed E-state index contributed by atoms with van der Waals surface area (Å²) < 4.78 is 5.95. The van der Waals surface area contributed by atoms with Crippen LogP contribution < -0.4 is 5.73 Å². The van der Waals surface area contributed by atoms with Gasteiger partial charge in [0.2, 0.25) is 0 Å². The first-order chi connectivity index (χ1) is 8.56. The normalized spacial score (nSPS) is 44.2. The van der Waals surface area contributed by atoms with E-state index in [0.29, 0.717) is 17.6 Å². The standard InChI is InChI=1S/C15H28N2O/c1-14(2)6-7-15(10-14,11-16)17-8-9-18-13-5-3-4-12(13)17/h12-13H,3-11,16H2,1-2H3. The summed E-state index contributed by atoms with van der Waals surface area (Å²) in [6.07, 6.45) is 8.25. The molecule has 3 fully saturated rings. The Bertz CT molecular complexity index is 318. The van der Waals surface area contributed by atoms with Gasteiger partial charge in [0.1, 0.15) is 0 Å². The molecule has 0 aromatic rings. The highest BCUT2D eigenvalue weighted by Gasteiger charge is 2.51. The van der Waals surface area contributed by atoms with Crippen molar-refractivity contribution in [3.63, 3.8) is 0 Å². The van der Waals surface area contributed by atoms with Crippen LogP contribution in [0.3, 0.4) is 0 Å². The van der Waals surface area contributed by atoms with Crippen LogP contribution in [0.25, 0.3) is 0 Å². The quantitative estimate of drug-likeness (QED) is 0.818. The van der Waals surface area contributed by atoms with E-state index in [9.17, 15) is 0 Å². The number of hydrogen-bond donors (Lipinski definition) is 1. The van der Waals surface area contributed by atoms with E-state index in [-0.39, 0.29) is 5.54 Å². The Balaban J connectivity index is 1.83. The molecule has 3 nitrogen and oxygen atoms in total. The summed E-state index contributed by atoms with van der Waals surface area (Å²) in [5.41, 5.74) is 6.95. The van der Waals surface area contributed by atoms with E-state index in [1.165, 1.54) is 38.5 Å². The van der Waals surface area contributed by atoms with Crippen molar-refractivity contribution < 1.29 is 4.74 Å². The lowest BCUT2D eigenvalue weighted by molar-refractivity contribution is -0.0980. The van der Waals surface area contributed by atoms with Crippen LogP contribution in [0.15, 0.2) is 0 Å². The third-order valence-corrected chi connectivity index (χ3v) is 5.55. The van der Waals surface area contributed by atoms with Crippen molar-refractivity contribution in [2.24, 2.45) is 11.1 Å². The van der Waals surface area contributed by atoms with Crippen molar-refractivity contribution in [2.75, 3.05) is 19.7 Å². The van der Waals surface area contributed by atoms with E-state index in [1.807, 2.05) is 0 Å². The van der Waals surface area contributed by atoms with E-state index in [1.54, 1.807) is 0 Å². The highest BCUT2D eigenvalue weighted by molar-refractivity contribution is 5.06. The van der Waals surface area contributed by atoms with E-state index < -0.39 is 0 Å². The predicted octanol–water partition coefficient (Wildman–Crippen LogP) is 2.15. The maximum Gasteiger partial charge on any atom is 0.0731 e. The molecular weight excluding hydrogens is 224 g/mol. The van der Waals surface area contributed by atoms with Gasteiger partial charge in [-0.25, -0.2) is 0 Å². The highest BCUT2D eigenvalue weighted by atomic mass is 16.5. The Kier molecular flexibility index (Phi) is 3.20. The molecule has 1 aliphatic heterocycles. The number of ether oxygens (including phenoxy) is 1. The number of hydrogen-bond acceptors (Lipinski definition) is 3. The largest absolute Gasteiger partial charge is 0.375 e. The van der Waals surface area contributed by atoms with E-state index in [2.05, 4.69) is 18.7 Å². The summed E-state index contributed by atoms with van der Waals surface area (Å²) in [6.45, 7) is 7.62. The van der Waals surface area contributed by atoms with Gasteiger partial charge in [-0.1, -0.05) is 13.8 Å². The maximum atomic E-state index is 6.22. The highest BCUT2D eigenvalue weighted by Crippen LogP contribution is 2.48. The van der Waals surface area contributed by atoms with Crippen molar-refractivity contribution >= 4 is 0 Å². The maximum absolute atomic E-state index is 6.22. The number of fused-ring (bicyclic) bond motifs is 1. The fourth-order valence-corrected chi connectivity index (χ4v) is 4.69. The first-order valence-corrected chi connectivity index (χ1v) is 7.65. The molecule has 3 heteroatoms. The molecule has 1 saturated heterocycles. The summed E-state index contributed by atoms with van der Waals surface area (Å²) in [4.78, 5) is 2.75. The molecule has 1 heterocycles. The van der Waals surface area contributed by atoms with Crippen LogP contribution in [-0.2, 0) is 4.74 Å². The van der Waals surface area contributed by atoms with Crippen LogP contribution in [0.1, 0.15) is 52.4 Å². The molecule has 2 N–H and O–H groups in total. The topological polar surface area (TPSA) is 38.5 Å². The zero-order valence-corrected chi connectivity index (χ0v) is 12.0. The Morgan fingerprint density at radius 1 is 1.28 bits per heavy atom. The molecule has 3 aliphatic rings. The number of nitrogens with zero attached hydrogens (tertiary/aromatic N) is 1. The molecule has 0 aromatic carbocycles. The van der Waals surface area contributed by atoms with Crippen LogP contribution in [0.2, 0.25) is 0 Å². The van der Waals surface area contributed by atoms with Crippen LogP contribution in [0, 0.1) is 5.41 Å². The van der Waals surface area contributed by atoms with Crippen LogP contribution >= 0.6 is 0 Å². The first kappa shape index (κ1) is 12.9. The van der Waals surface area contributed by atoms with Crippen LogP contribution in [0.5, 0.6) is 0 Å². The Hall–Kier alpha value is -0.120. The number of rotatable bonds is 2. The lowest BCUT2D eigenvalue weighted by atomic mass is 9.85. The second-order valence-corrected chi connectivity index (χ2v) is 7.37. The zero-order valence-electron chi connectivity index (χ0n) is 12.0. The fraction of sp³-hybridized carbons (Fsp3) is 1.00. The zero-order chi connectivity index (χ0) is 12.8. The minimum Gasteiger partial charge on any atom is -0.375 e. The van der Waals surface area contributed by atoms with Gasteiger partial charge in [0.25, 0.3) is 0 Å². The van der Waals surface area contributed by atoms with Gasteiger partial charge in [0.15, 0.2) is 0 Å². The molecule has 2 aliphatic carbocycles. The molecule has 104 valence electrons. The van der Waals surface area contributed by atoms with Crippen molar-refractivity contribution in [1.82, 2.24) is 4.90 Å². The van der Waals surface area contributed by atoms with Gasteiger partial charge in [0, 0.05) is 24.7 Å². The van der Waals surface area contributed by atoms with Crippen LogP contribution in [0.4, 0.5) is 0 Å². The second kappa shape index (κ2) is 4.46. The fourth-order valence-electron chi connectivity index (χ4n) is 4.69. The van der Waals surface area contributed by atoms with Crippen molar-refractivity contribution in [3.8, 4) is 0 Å². The van der Waals surface area contributed by atoms with Crippen molar-refractivity contribution in [2.45, 2.75) is 70.1 Å². The average molecular weight is 252 g/mol. The first-order valence-electron chi connectivity index (χ1n) is 7.65. The summed E-state index contributed by atoms with van der Waals surface area (Å²) in [5.74, 6) is 0. The monoisotopic (exact) mass is 252 g/mol. The molecule has 0 aromatic heterocycles. The lowest BCUT2D eigenvalue weighted by Gasteiger charge is -2.49. The van der Waals surface area contributed by atoms with Gasteiger partial charge in [-0.05, 0) is 43.9 Å². The summed E-state index contributed by atoms with van der Waals surface area (Å²) in [7, 11) is 0. The van der Waals surface area contributed by atoms with Gasteiger partial charge in [-0.3, -0.25) is 4.90 Å². The van der Waals surface area contributed by atoms with Crippen molar-refractivity contribution in [1.29, 1.82) is 0 Å².